The fourth-order valence-corrected chi connectivity index (χ4v) is 1.83. The zero-order valence-electron chi connectivity index (χ0n) is 8.27. The highest BCUT2D eigenvalue weighted by Gasteiger charge is 2.06. The monoisotopic (exact) mass is 203 g/mol. The topological polar surface area (TPSA) is 66.5 Å². The summed E-state index contributed by atoms with van der Waals surface area (Å²) in [6.45, 7) is 0.541. The van der Waals surface area contributed by atoms with Crippen molar-refractivity contribution in [1.82, 2.24) is 0 Å². The summed E-state index contributed by atoms with van der Waals surface area (Å²) in [5.74, 6) is 0.180. The van der Waals surface area contributed by atoms with E-state index in [4.69, 9.17) is 5.73 Å². The van der Waals surface area contributed by atoms with Gasteiger partial charge in [0.2, 0.25) is 0 Å². The molecule has 0 aromatic heterocycles. The molecule has 2 aromatic rings. The summed E-state index contributed by atoms with van der Waals surface area (Å²) in [6, 6.07) is 8.67. The maximum Gasteiger partial charge on any atom is 0.127 e. The zero-order valence-corrected chi connectivity index (χ0v) is 8.27. The number of nitrogens with two attached hydrogens (primary N) is 1. The van der Waals surface area contributed by atoms with Crippen LogP contribution in [0.4, 0.5) is 0 Å². The van der Waals surface area contributed by atoms with Crippen LogP contribution in [0, 0.1) is 0 Å². The van der Waals surface area contributed by atoms with Gasteiger partial charge in [-0.3, -0.25) is 0 Å². The molecule has 0 spiro atoms. The van der Waals surface area contributed by atoms with Gasteiger partial charge in [-0.25, -0.2) is 0 Å². The molecule has 0 aliphatic heterocycles. The molecule has 0 saturated carbocycles. The highest BCUT2D eigenvalue weighted by Crippen LogP contribution is 2.32. The number of benzene rings is 2. The molecule has 4 N–H and O–H groups in total. The zero-order chi connectivity index (χ0) is 10.8. The minimum atomic E-state index is 0.0740. The maximum atomic E-state index is 9.76. The second-order valence-electron chi connectivity index (χ2n) is 3.52. The molecule has 0 unspecified atom stereocenters. The van der Waals surface area contributed by atoms with Crippen molar-refractivity contribution in [3.05, 3.63) is 35.9 Å². The van der Waals surface area contributed by atoms with Gasteiger partial charge in [0.15, 0.2) is 0 Å². The molecule has 0 radical (unpaired) electrons. The molecular formula is C12H13NO2. The summed E-state index contributed by atoms with van der Waals surface area (Å²) < 4.78 is 0. The molecule has 0 aliphatic rings. The SMILES string of the molecule is NCCc1cccc2cc(O)cc(O)c12. The summed E-state index contributed by atoms with van der Waals surface area (Å²) in [4.78, 5) is 0. The lowest BCUT2D eigenvalue weighted by Crippen LogP contribution is -2.03. The lowest BCUT2D eigenvalue weighted by Gasteiger charge is -2.07. The van der Waals surface area contributed by atoms with Crippen LogP contribution in [0.2, 0.25) is 0 Å². The molecule has 2 rings (SSSR count). The first-order valence-corrected chi connectivity index (χ1v) is 4.86. The van der Waals surface area contributed by atoms with Gasteiger partial charge >= 0.3 is 0 Å². The van der Waals surface area contributed by atoms with Gasteiger partial charge in [0.05, 0.1) is 0 Å². The first-order chi connectivity index (χ1) is 7.22. The summed E-state index contributed by atoms with van der Waals surface area (Å²) in [7, 11) is 0. The summed E-state index contributed by atoms with van der Waals surface area (Å²) in [6.07, 6.45) is 0.718. The van der Waals surface area contributed by atoms with Gasteiger partial charge in [0.1, 0.15) is 11.5 Å². The molecule has 78 valence electrons. The quantitative estimate of drug-likeness (QED) is 0.696. The minimum Gasteiger partial charge on any atom is -0.508 e. The van der Waals surface area contributed by atoms with Crippen LogP contribution in [0.25, 0.3) is 10.8 Å². The van der Waals surface area contributed by atoms with Crippen molar-refractivity contribution in [3.8, 4) is 11.5 Å². The summed E-state index contributed by atoms with van der Waals surface area (Å²) in [5, 5.41) is 20.7. The number of phenols is 2. The number of fused-ring (bicyclic) bond motifs is 1. The highest BCUT2D eigenvalue weighted by atomic mass is 16.3. The molecule has 0 heterocycles. The number of aromatic hydroxyl groups is 2. The van der Waals surface area contributed by atoms with Gasteiger partial charge in [-0.1, -0.05) is 18.2 Å². The highest BCUT2D eigenvalue weighted by molar-refractivity contribution is 5.92. The van der Waals surface area contributed by atoms with Crippen molar-refractivity contribution in [3.63, 3.8) is 0 Å². The molecule has 0 saturated heterocycles. The van der Waals surface area contributed by atoms with E-state index in [0.717, 1.165) is 22.8 Å². The Bertz CT molecular complexity index is 494. The van der Waals surface area contributed by atoms with Gasteiger partial charge in [-0.2, -0.15) is 0 Å². The van der Waals surface area contributed by atoms with Crippen LogP contribution in [0.5, 0.6) is 11.5 Å². The van der Waals surface area contributed by atoms with E-state index >= 15 is 0 Å². The Labute approximate surface area is 87.8 Å². The van der Waals surface area contributed by atoms with E-state index in [1.165, 1.54) is 6.07 Å². The van der Waals surface area contributed by atoms with Crippen LogP contribution in [0.15, 0.2) is 30.3 Å². The third-order valence-corrected chi connectivity index (χ3v) is 2.44. The number of phenolic OH excluding ortho intramolecular Hbond substituents is 2. The fraction of sp³-hybridized carbons (Fsp3) is 0.167. The van der Waals surface area contributed by atoms with Gasteiger partial charge in [-0.05, 0) is 30.0 Å². The van der Waals surface area contributed by atoms with E-state index < -0.39 is 0 Å². The largest absolute Gasteiger partial charge is 0.508 e. The van der Waals surface area contributed by atoms with Crippen molar-refractivity contribution >= 4 is 10.8 Å². The summed E-state index contributed by atoms with van der Waals surface area (Å²) in [5.41, 5.74) is 6.51. The Morgan fingerprint density at radius 3 is 2.67 bits per heavy atom. The average Bonchev–Trinajstić information content (AvgIpc) is 2.17. The molecule has 0 fully saturated rings. The fourth-order valence-electron chi connectivity index (χ4n) is 1.83. The van der Waals surface area contributed by atoms with Crippen LogP contribution in [0.3, 0.4) is 0 Å². The number of hydrogen-bond donors (Lipinski definition) is 3. The van der Waals surface area contributed by atoms with Crippen LogP contribution >= 0.6 is 0 Å². The second kappa shape index (κ2) is 3.79. The lowest BCUT2D eigenvalue weighted by molar-refractivity contribution is 0.455. The molecule has 3 nitrogen and oxygen atoms in total. The van der Waals surface area contributed by atoms with Gasteiger partial charge in [0.25, 0.3) is 0 Å². The van der Waals surface area contributed by atoms with Crippen molar-refractivity contribution in [2.45, 2.75) is 6.42 Å². The molecular weight excluding hydrogens is 190 g/mol. The van der Waals surface area contributed by atoms with Crippen molar-refractivity contribution in [2.24, 2.45) is 5.73 Å². The predicted molar refractivity (Wildman–Crippen MR) is 60.0 cm³/mol. The smallest absolute Gasteiger partial charge is 0.127 e. The van der Waals surface area contributed by atoms with Crippen molar-refractivity contribution < 1.29 is 10.2 Å². The second-order valence-corrected chi connectivity index (χ2v) is 3.52. The van der Waals surface area contributed by atoms with E-state index in [1.54, 1.807) is 6.07 Å². The predicted octanol–water partition coefficient (Wildman–Crippen LogP) is 1.75. The third-order valence-electron chi connectivity index (χ3n) is 2.44. The van der Waals surface area contributed by atoms with E-state index in [-0.39, 0.29) is 11.5 Å². The van der Waals surface area contributed by atoms with Crippen molar-refractivity contribution in [2.75, 3.05) is 6.54 Å². The normalized spacial score (nSPS) is 10.7. The van der Waals surface area contributed by atoms with Gasteiger partial charge in [-0.15, -0.1) is 0 Å². The first-order valence-electron chi connectivity index (χ1n) is 4.86. The van der Waals surface area contributed by atoms with E-state index in [0.29, 0.717) is 6.54 Å². The van der Waals surface area contributed by atoms with Crippen LogP contribution < -0.4 is 5.73 Å². The standard InChI is InChI=1S/C12H13NO2/c13-5-4-8-2-1-3-9-6-10(14)7-11(15)12(8)9/h1-3,6-7,14-15H,4-5,13H2. The Balaban J connectivity index is 2.73. The van der Waals surface area contributed by atoms with Crippen LogP contribution in [0.1, 0.15) is 5.56 Å². The lowest BCUT2D eigenvalue weighted by atomic mass is 10.0. The van der Waals surface area contributed by atoms with Crippen molar-refractivity contribution in [1.29, 1.82) is 0 Å². The molecule has 3 heteroatoms. The van der Waals surface area contributed by atoms with Gasteiger partial charge in [0, 0.05) is 11.5 Å². The Hall–Kier alpha value is -1.74. The molecule has 15 heavy (non-hydrogen) atoms. The number of rotatable bonds is 2. The molecule has 0 bridgehead atoms. The molecule has 0 aliphatic carbocycles. The molecule has 0 amide bonds. The minimum absolute atomic E-state index is 0.0740. The van der Waals surface area contributed by atoms with E-state index in [1.807, 2.05) is 18.2 Å². The van der Waals surface area contributed by atoms with Crippen LogP contribution in [-0.2, 0) is 6.42 Å². The Morgan fingerprint density at radius 2 is 1.93 bits per heavy atom. The van der Waals surface area contributed by atoms with E-state index in [9.17, 15) is 10.2 Å². The molecule has 2 aromatic carbocycles. The maximum absolute atomic E-state index is 9.76. The van der Waals surface area contributed by atoms with Gasteiger partial charge < -0.3 is 15.9 Å². The van der Waals surface area contributed by atoms with Crippen LogP contribution in [-0.4, -0.2) is 16.8 Å². The Kier molecular flexibility index (Phi) is 2.47. The third kappa shape index (κ3) is 1.74. The van der Waals surface area contributed by atoms with E-state index in [2.05, 4.69) is 0 Å². The molecule has 0 atom stereocenters. The summed E-state index contributed by atoms with van der Waals surface area (Å²) >= 11 is 0. The number of hydrogen-bond acceptors (Lipinski definition) is 3. The first kappa shape index (κ1) is 9.80. The average molecular weight is 203 g/mol. The Morgan fingerprint density at radius 1 is 1.13 bits per heavy atom.